The molecule has 26 heavy (non-hydrogen) atoms. The SMILES string of the molecule is Cc1cccc(Cn2cnc(NC(=O)CCn3cc(C(=O)O)cn3)n2)c1. The molecule has 3 aromatic rings. The molecule has 0 fully saturated rings. The second kappa shape index (κ2) is 7.60. The molecule has 134 valence electrons. The number of nitrogens with one attached hydrogen (secondary N) is 1. The van der Waals surface area contributed by atoms with Crippen molar-refractivity contribution in [2.45, 2.75) is 26.4 Å². The Labute approximate surface area is 149 Å². The van der Waals surface area contributed by atoms with E-state index in [2.05, 4.69) is 26.6 Å². The van der Waals surface area contributed by atoms with Crippen LogP contribution in [-0.4, -0.2) is 41.5 Å². The first kappa shape index (κ1) is 17.3. The van der Waals surface area contributed by atoms with Crippen LogP contribution in [0.2, 0.25) is 0 Å². The van der Waals surface area contributed by atoms with Crippen molar-refractivity contribution in [2.24, 2.45) is 0 Å². The lowest BCUT2D eigenvalue weighted by molar-refractivity contribution is -0.116. The lowest BCUT2D eigenvalue weighted by atomic mass is 10.1. The van der Waals surface area contributed by atoms with Crippen LogP contribution in [-0.2, 0) is 17.9 Å². The van der Waals surface area contributed by atoms with Crippen molar-refractivity contribution in [3.05, 3.63) is 59.7 Å². The molecule has 0 spiro atoms. The van der Waals surface area contributed by atoms with Gasteiger partial charge in [0.05, 0.1) is 18.3 Å². The van der Waals surface area contributed by atoms with Gasteiger partial charge in [0.25, 0.3) is 0 Å². The van der Waals surface area contributed by atoms with Gasteiger partial charge in [0, 0.05) is 19.2 Å². The summed E-state index contributed by atoms with van der Waals surface area (Å²) in [5.41, 5.74) is 2.35. The molecule has 0 saturated heterocycles. The van der Waals surface area contributed by atoms with Crippen molar-refractivity contribution in [2.75, 3.05) is 5.32 Å². The Morgan fingerprint density at radius 1 is 1.27 bits per heavy atom. The van der Waals surface area contributed by atoms with Crippen molar-refractivity contribution in [3.63, 3.8) is 0 Å². The maximum atomic E-state index is 12.0. The highest BCUT2D eigenvalue weighted by Crippen LogP contribution is 2.07. The molecule has 2 aromatic heterocycles. The van der Waals surface area contributed by atoms with Crippen LogP contribution in [0.15, 0.2) is 43.0 Å². The number of rotatable bonds is 7. The van der Waals surface area contributed by atoms with Gasteiger partial charge in [-0.1, -0.05) is 29.8 Å². The van der Waals surface area contributed by atoms with Crippen LogP contribution in [0.5, 0.6) is 0 Å². The highest BCUT2D eigenvalue weighted by atomic mass is 16.4. The molecule has 9 nitrogen and oxygen atoms in total. The second-order valence-electron chi connectivity index (χ2n) is 5.85. The van der Waals surface area contributed by atoms with E-state index in [0.29, 0.717) is 6.54 Å². The predicted octanol–water partition coefficient (Wildman–Crippen LogP) is 1.56. The highest BCUT2D eigenvalue weighted by Gasteiger charge is 2.09. The molecule has 1 amide bonds. The number of carboxylic acids is 1. The Morgan fingerprint density at radius 3 is 2.85 bits per heavy atom. The lowest BCUT2D eigenvalue weighted by Gasteiger charge is -2.03. The van der Waals surface area contributed by atoms with E-state index >= 15 is 0 Å². The summed E-state index contributed by atoms with van der Waals surface area (Å²) in [6.45, 7) is 2.86. The first-order valence-corrected chi connectivity index (χ1v) is 8.00. The van der Waals surface area contributed by atoms with Gasteiger partial charge in [-0.05, 0) is 12.5 Å². The quantitative estimate of drug-likeness (QED) is 0.665. The fourth-order valence-electron chi connectivity index (χ4n) is 2.43. The average Bonchev–Trinajstić information content (AvgIpc) is 3.23. The molecule has 2 N–H and O–H groups in total. The molecule has 0 aliphatic rings. The molecule has 0 saturated carbocycles. The number of anilines is 1. The first-order valence-electron chi connectivity index (χ1n) is 8.00. The molecule has 3 rings (SSSR count). The minimum absolute atomic E-state index is 0.0852. The fourth-order valence-corrected chi connectivity index (χ4v) is 2.43. The molecule has 1 aromatic carbocycles. The summed E-state index contributed by atoms with van der Waals surface area (Å²) in [4.78, 5) is 26.9. The summed E-state index contributed by atoms with van der Waals surface area (Å²) in [5.74, 6) is -1.09. The molecule has 2 heterocycles. The minimum Gasteiger partial charge on any atom is -0.478 e. The van der Waals surface area contributed by atoms with Gasteiger partial charge in [0.15, 0.2) is 0 Å². The molecule has 0 unspecified atom stereocenters. The molecule has 0 atom stereocenters. The summed E-state index contributed by atoms with van der Waals surface area (Å²) < 4.78 is 3.06. The van der Waals surface area contributed by atoms with E-state index < -0.39 is 5.97 Å². The second-order valence-corrected chi connectivity index (χ2v) is 5.85. The van der Waals surface area contributed by atoms with Crippen molar-refractivity contribution < 1.29 is 14.7 Å². The molecule has 0 bridgehead atoms. The number of aromatic carboxylic acids is 1. The lowest BCUT2D eigenvalue weighted by Crippen LogP contribution is -2.16. The number of hydrogen-bond acceptors (Lipinski definition) is 5. The van der Waals surface area contributed by atoms with E-state index in [0.717, 1.165) is 5.56 Å². The summed E-state index contributed by atoms with van der Waals surface area (Å²) in [7, 11) is 0. The Morgan fingerprint density at radius 2 is 2.12 bits per heavy atom. The summed E-state index contributed by atoms with van der Waals surface area (Å²) in [6.07, 6.45) is 4.32. The number of aromatic nitrogens is 5. The van der Waals surface area contributed by atoms with Crippen molar-refractivity contribution in [3.8, 4) is 0 Å². The van der Waals surface area contributed by atoms with Crippen molar-refractivity contribution in [1.29, 1.82) is 0 Å². The van der Waals surface area contributed by atoms with E-state index in [1.54, 1.807) is 11.0 Å². The third-order valence-corrected chi connectivity index (χ3v) is 3.66. The molecular formula is C17H18N6O3. The van der Waals surface area contributed by atoms with Gasteiger partial charge >= 0.3 is 5.97 Å². The zero-order valence-corrected chi connectivity index (χ0v) is 14.2. The predicted molar refractivity (Wildman–Crippen MR) is 92.7 cm³/mol. The number of nitrogens with zero attached hydrogens (tertiary/aromatic N) is 5. The van der Waals surface area contributed by atoms with Crippen LogP contribution in [0.3, 0.4) is 0 Å². The Kier molecular flexibility index (Phi) is 5.07. The van der Waals surface area contributed by atoms with Gasteiger partial charge < -0.3 is 5.11 Å². The molecule has 0 aliphatic carbocycles. The summed E-state index contributed by atoms with van der Waals surface area (Å²) in [5, 5.41) is 19.6. The zero-order chi connectivity index (χ0) is 18.5. The van der Waals surface area contributed by atoms with Crippen LogP contribution >= 0.6 is 0 Å². The number of aryl methyl sites for hydroxylation is 2. The van der Waals surface area contributed by atoms with Crippen LogP contribution in [0, 0.1) is 6.92 Å². The normalized spacial score (nSPS) is 10.7. The van der Waals surface area contributed by atoms with E-state index in [-0.39, 0.29) is 30.4 Å². The van der Waals surface area contributed by atoms with Gasteiger partial charge in [0.1, 0.15) is 6.33 Å². The van der Waals surface area contributed by atoms with Gasteiger partial charge in [-0.2, -0.15) is 5.10 Å². The van der Waals surface area contributed by atoms with E-state index in [9.17, 15) is 9.59 Å². The molecule has 0 radical (unpaired) electrons. The number of carbonyl (C=O) groups excluding carboxylic acids is 1. The van der Waals surface area contributed by atoms with Crippen LogP contribution in [0.1, 0.15) is 27.9 Å². The Balaban J connectivity index is 1.51. The van der Waals surface area contributed by atoms with Gasteiger partial charge in [-0.3, -0.25) is 14.8 Å². The minimum atomic E-state index is -1.05. The number of amides is 1. The fraction of sp³-hybridized carbons (Fsp3) is 0.235. The third kappa shape index (κ3) is 4.53. The van der Waals surface area contributed by atoms with Crippen LogP contribution in [0.25, 0.3) is 0 Å². The van der Waals surface area contributed by atoms with Gasteiger partial charge in [-0.15, -0.1) is 5.10 Å². The third-order valence-electron chi connectivity index (χ3n) is 3.66. The van der Waals surface area contributed by atoms with E-state index in [1.165, 1.54) is 22.6 Å². The number of benzene rings is 1. The van der Waals surface area contributed by atoms with Gasteiger partial charge in [0.2, 0.25) is 11.9 Å². The maximum absolute atomic E-state index is 12.0. The number of carbonyl (C=O) groups is 2. The van der Waals surface area contributed by atoms with Crippen molar-refractivity contribution >= 4 is 17.8 Å². The molecular weight excluding hydrogens is 336 g/mol. The maximum Gasteiger partial charge on any atom is 0.338 e. The Hall–Kier alpha value is -3.49. The summed E-state index contributed by atoms with van der Waals surface area (Å²) in [6, 6.07) is 8.07. The summed E-state index contributed by atoms with van der Waals surface area (Å²) >= 11 is 0. The molecule has 9 heteroatoms. The average molecular weight is 354 g/mol. The highest BCUT2D eigenvalue weighted by molar-refractivity contribution is 5.89. The number of carboxylic acid groups (broad SMARTS) is 1. The first-order chi connectivity index (χ1) is 12.5. The van der Waals surface area contributed by atoms with Crippen LogP contribution in [0.4, 0.5) is 5.95 Å². The topological polar surface area (TPSA) is 115 Å². The molecule has 0 aliphatic heterocycles. The smallest absolute Gasteiger partial charge is 0.338 e. The van der Waals surface area contributed by atoms with Crippen LogP contribution < -0.4 is 5.32 Å². The monoisotopic (exact) mass is 354 g/mol. The van der Waals surface area contributed by atoms with Gasteiger partial charge in [-0.25, -0.2) is 14.5 Å². The van der Waals surface area contributed by atoms with Crippen molar-refractivity contribution in [1.82, 2.24) is 24.5 Å². The number of hydrogen-bond donors (Lipinski definition) is 2. The Bertz CT molecular complexity index is 930. The zero-order valence-electron chi connectivity index (χ0n) is 14.2. The largest absolute Gasteiger partial charge is 0.478 e. The van der Waals surface area contributed by atoms with E-state index in [1.807, 2.05) is 25.1 Å². The van der Waals surface area contributed by atoms with E-state index in [4.69, 9.17) is 5.11 Å². The standard InChI is InChI=1S/C17H18N6O3/c1-12-3-2-4-13(7-12)9-23-11-18-17(21-23)20-15(24)5-6-22-10-14(8-19-22)16(25)26/h2-4,7-8,10-11H,5-6,9H2,1H3,(H,25,26)(H,20,21,24).